The first-order valence-corrected chi connectivity index (χ1v) is 7.93. The van der Waals surface area contributed by atoms with Crippen molar-refractivity contribution in [3.8, 4) is 0 Å². The molecule has 0 bridgehead atoms. The summed E-state index contributed by atoms with van der Waals surface area (Å²) >= 11 is 11.5. The summed E-state index contributed by atoms with van der Waals surface area (Å²) in [7, 11) is -3.51. The first kappa shape index (κ1) is 16.3. The third-order valence-electron chi connectivity index (χ3n) is 2.17. The largest absolute Gasteiger partial charge is 0.321 e. The van der Waals surface area contributed by atoms with Crippen LogP contribution in [-0.4, -0.2) is 12.5 Å². The molecule has 1 aromatic carbocycles. The van der Waals surface area contributed by atoms with Crippen LogP contribution in [0.4, 0.5) is 0 Å². The first-order chi connectivity index (χ1) is 8.91. The molecule has 0 radical (unpaired) electrons. The minimum atomic E-state index is -3.51. The fraction of sp³-hybridized carbons (Fsp3) is 0.250. The molecule has 0 unspecified atom stereocenters. The minimum absolute atomic E-state index is 0.101. The smallest absolute Gasteiger partial charge is 0.279 e. The predicted molar refractivity (Wildman–Crippen MR) is 77.9 cm³/mol. The molecule has 0 aliphatic heterocycles. The van der Waals surface area contributed by atoms with E-state index in [0.717, 1.165) is 0 Å². The lowest BCUT2D eigenvalue weighted by Crippen LogP contribution is -2.24. The van der Waals surface area contributed by atoms with Crippen LogP contribution in [0, 0.1) is 0 Å². The van der Waals surface area contributed by atoms with E-state index >= 15 is 0 Å². The molecule has 1 aromatic rings. The zero-order valence-electron chi connectivity index (χ0n) is 10.5. The van der Waals surface area contributed by atoms with E-state index in [4.69, 9.17) is 27.7 Å². The Morgan fingerprint density at radius 3 is 2.32 bits per heavy atom. The maximum absolute atomic E-state index is 13.0. The summed E-state index contributed by atoms with van der Waals surface area (Å²) in [5.74, 6) is -0.426. The van der Waals surface area contributed by atoms with Crippen molar-refractivity contribution in [1.82, 2.24) is 5.32 Å². The van der Waals surface area contributed by atoms with Crippen molar-refractivity contribution in [1.29, 1.82) is 0 Å². The highest BCUT2D eigenvalue weighted by Crippen LogP contribution is 2.54. The number of benzene rings is 1. The molecule has 0 saturated heterocycles. The van der Waals surface area contributed by atoms with Crippen molar-refractivity contribution in [2.24, 2.45) is 0 Å². The van der Waals surface area contributed by atoms with Crippen LogP contribution >= 0.6 is 30.6 Å². The minimum Gasteiger partial charge on any atom is -0.321 e. The molecule has 7 heteroatoms. The molecular weight excluding hydrogens is 308 g/mol. The van der Waals surface area contributed by atoms with Gasteiger partial charge in [-0.05, 0) is 19.1 Å². The summed E-state index contributed by atoms with van der Waals surface area (Å²) in [6, 6.07) is 8.48. The van der Waals surface area contributed by atoms with Crippen molar-refractivity contribution >= 4 is 41.8 Å². The van der Waals surface area contributed by atoms with Gasteiger partial charge in [0.25, 0.3) is 7.37 Å². The van der Waals surface area contributed by atoms with Gasteiger partial charge in [-0.25, -0.2) is 0 Å². The number of nitrogens with one attached hydrogen (secondary N) is 1. The lowest BCUT2D eigenvalue weighted by molar-refractivity contribution is -0.118. The van der Waals surface area contributed by atoms with Crippen LogP contribution in [0.25, 0.3) is 0 Å². The van der Waals surface area contributed by atoms with Gasteiger partial charge in [-0.15, -0.1) is 0 Å². The van der Waals surface area contributed by atoms with Crippen LogP contribution in [0.2, 0.25) is 0 Å². The van der Waals surface area contributed by atoms with Crippen LogP contribution in [0.1, 0.15) is 13.8 Å². The Bertz CT molecular complexity index is 527. The van der Waals surface area contributed by atoms with Gasteiger partial charge in [-0.1, -0.05) is 41.4 Å². The summed E-state index contributed by atoms with van der Waals surface area (Å²) in [5.41, 5.74) is -0.101. The van der Waals surface area contributed by atoms with Gasteiger partial charge in [0, 0.05) is 12.2 Å². The molecule has 19 heavy (non-hydrogen) atoms. The lowest BCUT2D eigenvalue weighted by Gasteiger charge is -2.21. The molecule has 1 atom stereocenters. The number of hydrogen-bond donors (Lipinski definition) is 1. The highest BCUT2D eigenvalue weighted by atomic mass is 35.5. The van der Waals surface area contributed by atoms with Crippen molar-refractivity contribution in [3.05, 3.63) is 40.3 Å². The van der Waals surface area contributed by atoms with Crippen LogP contribution in [-0.2, 0) is 13.9 Å². The number of carbonyl (C=O) groups excluding carboxylic acids is 1. The molecule has 104 valence electrons. The Hall–Kier alpha value is -0.800. The SMILES string of the molecule is CCO[P@](=O)(C(NC(C)=O)=C(Cl)Cl)c1ccccc1. The third kappa shape index (κ3) is 4.08. The zero-order valence-corrected chi connectivity index (χ0v) is 12.9. The van der Waals surface area contributed by atoms with E-state index < -0.39 is 13.3 Å². The highest BCUT2D eigenvalue weighted by molar-refractivity contribution is 7.71. The lowest BCUT2D eigenvalue weighted by atomic mass is 10.4. The molecule has 1 rings (SSSR count). The second-order valence-corrected chi connectivity index (χ2v) is 6.87. The van der Waals surface area contributed by atoms with Gasteiger partial charge in [-0.3, -0.25) is 9.36 Å². The van der Waals surface area contributed by atoms with Gasteiger partial charge < -0.3 is 9.84 Å². The van der Waals surface area contributed by atoms with Gasteiger partial charge in [0.15, 0.2) is 0 Å². The molecule has 0 aliphatic carbocycles. The van der Waals surface area contributed by atoms with Gasteiger partial charge in [0.05, 0.1) is 6.61 Å². The Balaban J connectivity index is 3.37. The van der Waals surface area contributed by atoms with Crippen molar-refractivity contribution in [2.75, 3.05) is 6.61 Å². The van der Waals surface area contributed by atoms with Gasteiger partial charge in [0.2, 0.25) is 5.91 Å². The number of carbonyl (C=O) groups is 1. The average Bonchev–Trinajstić information content (AvgIpc) is 2.36. The van der Waals surface area contributed by atoms with Crippen molar-refractivity contribution in [2.45, 2.75) is 13.8 Å². The number of hydrogen-bond acceptors (Lipinski definition) is 3. The maximum Gasteiger partial charge on any atom is 0.279 e. The molecule has 0 spiro atoms. The second kappa shape index (κ2) is 7.11. The van der Waals surface area contributed by atoms with Gasteiger partial charge in [-0.2, -0.15) is 0 Å². The summed E-state index contributed by atoms with van der Waals surface area (Å²) < 4.78 is 18.1. The van der Waals surface area contributed by atoms with Gasteiger partial charge >= 0.3 is 0 Å². The van der Waals surface area contributed by atoms with E-state index in [9.17, 15) is 9.36 Å². The molecule has 1 N–H and O–H groups in total. The fourth-order valence-corrected chi connectivity index (χ4v) is 4.23. The van der Waals surface area contributed by atoms with Crippen LogP contribution in [0.15, 0.2) is 40.3 Å². The summed E-state index contributed by atoms with van der Waals surface area (Å²) in [6.45, 7) is 3.16. The Morgan fingerprint density at radius 1 is 1.32 bits per heavy atom. The number of halogens is 2. The van der Waals surface area contributed by atoms with E-state index in [0.29, 0.717) is 5.30 Å². The quantitative estimate of drug-likeness (QED) is 0.846. The fourth-order valence-electron chi connectivity index (χ4n) is 1.47. The predicted octanol–water partition coefficient (Wildman–Crippen LogP) is 3.37. The summed E-state index contributed by atoms with van der Waals surface area (Å²) in [6.07, 6.45) is 0. The van der Waals surface area contributed by atoms with Crippen LogP contribution in [0.5, 0.6) is 0 Å². The Morgan fingerprint density at radius 2 is 1.89 bits per heavy atom. The molecule has 1 amide bonds. The number of amides is 1. The molecule has 4 nitrogen and oxygen atoms in total. The summed E-state index contributed by atoms with van der Waals surface area (Å²) in [4.78, 5) is 11.2. The Labute approximate surface area is 122 Å². The number of rotatable bonds is 5. The van der Waals surface area contributed by atoms with Gasteiger partial charge in [0.1, 0.15) is 9.93 Å². The molecular formula is C12H14Cl2NO3P. The Kier molecular flexibility index (Phi) is 6.08. The van der Waals surface area contributed by atoms with Crippen LogP contribution < -0.4 is 10.6 Å². The molecule has 0 saturated carbocycles. The summed E-state index contributed by atoms with van der Waals surface area (Å²) in [5, 5.41) is 2.81. The third-order valence-corrected chi connectivity index (χ3v) is 5.34. The molecule has 0 heterocycles. The van der Waals surface area contributed by atoms with E-state index in [2.05, 4.69) is 5.32 Å². The maximum atomic E-state index is 13.0. The second-order valence-electron chi connectivity index (χ2n) is 3.60. The highest BCUT2D eigenvalue weighted by Gasteiger charge is 2.33. The molecule has 0 aliphatic rings. The average molecular weight is 322 g/mol. The van der Waals surface area contributed by atoms with Crippen LogP contribution in [0.3, 0.4) is 0 Å². The first-order valence-electron chi connectivity index (χ1n) is 5.55. The van der Waals surface area contributed by atoms with Crippen molar-refractivity contribution < 1.29 is 13.9 Å². The monoisotopic (exact) mass is 321 g/mol. The van der Waals surface area contributed by atoms with Crippen molar-refractivity contribution in [3.63, 3.8) is 0 Å². The molecule has 0 fully saturated rings. The normalized spacial score (nSPS) is 13.5. The van der Waals surface area contributed by atoms with E-state index in [1.54, 1.807) is 37.3 Å². The van der Waals surface area contributed by atoms with E-state index in [-0.39, 0.29) is 16.5 Å². The van der Waals surface area contributed by atoms with E-state index in [1.807, 2.05) is 0 Å². The zero-order chi connectivity index (χ0) is 14.5. The topological polar surface area (TPSA) is 55.4 Å². The standard InChI is InChI=1S/C12H14Cl2NO3P/c1-3-18-19(17,10-7-5-4-6-8-10)12(11(13)14)15-9(2)16/h4-8H,3H2,1-2H3,(H,15,16)/t19-/m0/s1. The molecule has 0 aromatic heterocycles. The van der Waals surface area contributed by atoms with E-state index in [1.165, 1.54) is 6.92 Å².